The number of aryl methyl sites for hydroxylation is 1. The van der Waals surface area contributed by atoms with Crippen molar-refractivity contribution in [3.8, 4) is 0 Å². The van der Waals surface area contributed by atoms with E-state index in [0.29, 0.717) is 17.9 Å². The molecule has 0 bridgehead atoms. The van der Waals surface area contributed by atoms with Gasteiger partial charge in [0.1, 0.15) is 5.69 Å². The Morgan fingerprint density at radius 1 is 1.45 bits per heavy atom. The van der Waals surface area contributed by atoms with Crippen LogP contribution in [0, 0.1) is 0 Å². The second-order valence-corrected chi connectivity index (χ2v) is 4.66. The average Bonchev–Trinajstić information content (AvgIpc) is 3.03. The number of hydrogen-bond donors (Lipinski definition) is 3. The number of aromatic amines is 1. The molecule has 2 aromatic heterocycles. The second-order valence-electron chi connectivity index (χ2n) is 4.66. The molecule has 6 nitrogen and oxygen atoms in total. The molecule has 0 spiro atoms. The lowest BCUT2D eigenvalue weighted by Gasteiger charge is -2.00. The van der Waals surface area contributed by atoms with Crippen molar-refractivity contribution in [2.75, 3.05) is 5.73 Å². The van der Waals surface area contributed by atoms with Crippen molar-refractivity contribution in [1.82, 2.24) is 20.1 Å². The van der Waals surface area contributed by atoms with E-state index in [0.717, 1.165) is 16.6 Å². The van der Waals surface area contributed by atoms with E-state index in [-0.39, 0.29) is 5.91 Å². The van der Waals surface area contributed by atoms with E-state index in [1.165, 1.54) is 0 Å². The Balaban J connectivity index is 1.77. The molecule has 6 heteroatoms. The topological polar surface area (TPSA) is 88.7 Å². The maximum absolute atomic E-state index is 12.1. The lowest BCUT2D eigenvalue weighted by molar-refractivity contribution is 0.0946. The molecule has 1 aromatic carbocycles. The van der Waals surface area contributed by atoms with Gasteiger partial charge in [0, 0.05) is 18.6 Å². The van der Waals surface area contributed by atoms with E-state index in [2.05, 4.69) is 15.4 Å². The fourth-order valence-electron chi connectivity index (χ4n) is 2.13. The molecule has 0 unspecified atom stereocenters. The zero-order valence-corrected chi connectivity index (χ0v) is 11.1. The van der Waals surface area contributed by atoms with E-state index >= 15 is 0 Å². The number of H-pyrrole nitrogens is 1. The van der Waals surface area contributed by atoms with Gasteiger partial charge < -0.3 is 16.0 Å². The van der Waals surface area contributed by atoms with E-state index in [1.54, 1.807) is 16.8 Å². The van der Waals surface area contributed by atoms with Crippen LogP contribution in [-0.2, 0) is 13.6 Å². The van der Waals surface area contributed by atoms with Crippen molar-refractivity contribution in [2.45, 2.75) is 6.54 Å². The number of nitrogens with one attached hydrogen (secondary N) is 2. The molecule has 20 heavy (non-hydrogen) atoms. The maximum Gasteiger partial charge on any atom is 0.268 e. The van der Waals surface area contributed by atoms with Crippen LogP contribution in [0.25, 0.3) is 10.9 Å². The minimum absolute atomic E-state index is 0.175. The Morgan fingerprint density at radius 3 is 3.00 bits per heavy atom. The highest BCUT2D eigenvalue weighted by Crippen LogP contribution is 2.20. The van der Waals surface area contributed by atoms with Gasteiger partial charge in [-0.05, 0) is 18.2 Å². The van der Waals surface area contributed by atoms with Crippen LogP contribution in [0.4, 0.5) is 5.69 Å². The number of carbonyl (C=O) groups is 1. The van der Waals surface area contributed by atoms with Gasteiger partial charge in [-0.3, -0.25) is 9.48 Å². The van der Waals surface area contributed by atoms with E-state index in [9.17, 15) is 4.79 Å². The van der Waals surface area contributed by atoms with Gasteiger partial charge in [-0.2, -0.15) is 5.10 Å². The highest BCUT2D eigenvalue weighted by atomic mass is 16.1. The van der Waals surface area contributed by atoms with Gasteiger partial charge in [-0.25, -0.2) is 0 Å². The first-order valence-electron chi connectivity index (χ1n) is 6.27. The van der Waals surface area contributed by atoms with Gasteiger partial charge in [0.05, 0.1) is 23.4 Å². The normalized spacial score (nSPS) is 10.8. The third kappa shape index (κ3) is 2.23. The molecular weight excluding hydrogens is 254 g/mol. The van der Waals surface area contributed by atoms with Gasteiger partial charge in [-0.1, -0.05) is 12.1 Å². The number of amides is 1. The summed E-state index contributed by atoms with van der Waals surface area (Å²) in [6.07, 6.45) is 1.84. The molecule has 0 atom stereocenters. The number of hydrogen-bond acceptors (Lipinski definition) is 3. The molecule has 0 saturated carbocycles. The Morgan fingerprint density at radius 2 is 2.30 bits per heavy atom. The smallest absolute Gasteiger partial charge is 0.268 e. The van der Waals surface area contributed by atoms with Crippen molar-refractivity contribution in [2.24, 2.45) is 7.05 Å². The third-order valence-electron chi connectivity index (χ3n) is 3.13. The average molecular weight is 269 g/mol. The molecule has 0 aliphatic carbocycles. The standard InChI is InChI=1S/C14H15N5O/c1-19-6-5-10(18-19)8-16-14(20)12-7-9-3-2-4-11(15)13(9)17-12/h2-7,17H,8,15H2,1H3,(H,16,20). The molecule has 0 aliphatic rings. The molecule has 0 fully saturated rings. The van der Waals surface area contributed by atoms with Crippen LogP contribution in [0.5, 0.6) is 0 Å². The fraction of sp³-hybridized carbons (Fsp3) is 0.143. The summed E-state index contributed by atoms with van der Waals surface area (Å²) in [4.78, 5) is 15.1. The highest BCUT2D eigenvalue weighted by molar-refractivity contribution is 6.00. The number of nitrogens with zero attached hydrogens (tertiary/aromatic N) is 2. The molecule has 102 valence electrons. The maximum atomic E-state index is 12.1. The van der Waals surface area contributed by atoms with Crippen molar-refractivity contribution in [3.05, 3.63) is 47.9 Å². The molecule has 3 aromatic rings. The summed E-state index contributed by atoms with van der Waals surface area (Å²) in [5.74, 6) is -0.175. The SMILES string of the molecule is Cn1ccc(CNC(=O)c2cc3cccc(N)c3[nH]2)n1. The zero-order chi connectivity index (χ0) is 14.1. The first-order valence-corrected chi connectivity index (χ1v) is 6.27. The first-order chi connectivity index (χ1) is 9.63. The Labute approximate surface area is 115 Å². The van der Waals surface area contributed by atoms with Crippen molar-refractivity contribution < 1.29 is 4.79 Å². The summed E-state index contributed by atoms with van der Waals surface area (Å²) < 4.78 is 1.70. The van der Waals surface area contributed by atoms with Crippen LogP contribution in [-0.4, -0.2) is 20.7 Å². The van der Waals surface area contributed by atoms with E-state index in [1.807, 2.05) is 31.4 Å². The summed E-state index contributed by atoms with van der Waals surface area (Å²) >= 11 is 0. The predicted molar refractivity (Wildman–Crippen MR) is 77.1 cm³/mol. The molecule has 1 amide bonds. The molecule has 4 N–H and O–H groups in total. The summed E-state index contributed by atoms with van der Waals surface area (Å²) in [6.45, 7) is 0.393. The summed E-state index contributed by atoms with van der Waals surface area (Å²) in [7, 11) is 1.84. The lowest BCUT2D eigenvalue weighted by atomic mass is 10.2. The minimum Gasteiger partial charge on any atom is -0.397 e. The third-order valence-corrected chi connectivity index (χ3v) is 3.13. The zero-order valence-electron chi connectivity index (χ0n) is 11.1. The van der Waals surface area contributed by atoms with Gasteiger partial charge in [-0.15, -0.1) is 0 Å². The van der Waals surface area contributed by atoms with Gasteiger partial charge >= 0.3 is 0 Å². The number of benzene rings is 1. The molecule has 0 saturated heterocycles. The molecule has 3 rings (SSSR count). The van der Waals surface area contributed by atoms with Crippen LogP contribution in [0.1, 0.15) is 16.2 Å². The number of para-hydroxylation sites is 1. The van der Waals surface area contributed by atoms with Crippen LogP contribution in [0.2, 0.25) is 0 Å². The largest absolute Gasteiger partial charge is 0.397 e. The highest BCUT2D eigenvalue weighted by Gasteiger charge is 2.10. The monoisotopic (exact) mass is 269 g/mol. The Bertz CT molecular complexity index is 771. The second kappa shape index (κ2) is 4.73. The minimum atomic E-state index is -0.175. The summed E-state index contributed by atoms with van der Waals surface area (Å²) in [5, 5.41) is 7.95. The van der Waals surface area contributed by atoms with Crippen LogP contribution in [0.3, 0.4) is 0 Å². The fourth-order valence-corrected chi connectivity index (χ4v) is 2.13. The first kappa shape index (κ1) is 12.3. The van der Waals surface area contributed by atoms with Crippen molar-refractivity contribution >= 4 is 22.5 Å². The molecule has 0 aliphatic heterocycles. The summed E-state index contributed by atoms with van der Waals surface area (Å²) in [6, 6.07) is 9.23. The number of nitrogens with two attached hydrogens (primary N) is 1. The van der Waals surface area contributed by atoms with Gasteiger partial charge in [0.15, 0.2) is 0 Å². The van der Waals surface area contributed by atoms with Crippen molar-refractivity contribution in [1.29, 1.82) is 0 Å². The predicted octanol–water partition coefficient (Wildman–Crippen LogP) is 1.41. The number of anilines is 1. The van der Waals surface area contributed by atoms with E-state index < -0.39 is 0 Å². The number of carbonyl (C=O) groups excluding carboxylic acids is 1. The van der Waals surface area contributed by atoms with Gasteiger partial charge in [0.25, 0.3) is 5.91 Å². The Hall–Kier alpha value is -2.76. The quantitative estimate of drug-likeness (QED) is 0.628. The van der Waals surface area contributed by atoms with E-state index in [4.69, 9.17) is 5.73 Å². The van der Waals surface area contributed by atoms with Crippen LogP contribution >= 0.6 is 0 Å². The molecule has 2 heterocycles. The number of aromatic nitrogens is 3. The lowest BCUT2D eigenvalue weighted by Crippen LogP contribution is -2.23. The number of fused-ring (bicyclic) bond motifs is 1. The summed E-state index contributed by atoms with van der Waals surface area (Å²) in [5.41, 5.74) is 8.59. The molecule has 0 radical (unpaired) electrons. The van der Waals surface area contributed by atoms with Crippen LogP contribution in [0.15, 0.2) is 36.5 Å². The number of nitrogen functional groups attached to an aromatic ring is 1. The van der Waals surface area contributed by atoms with Crippen LogP contribution < -0.4 is 11.1 Å². The Kier molecular flexibility index (Phi) is 2.90. The number of rotatable bonds is 3. The van der Waals surface area contributed by atoms with Gasteiger partial charge in [0.2, 0.25) is 0 Å². The van der Waals surface area contributed by atoms with Crippen molar-refractivity contribution in [3.63, 3.8) is 0 Å². The molecular formula is C14H15N5O.